The second-order valence-corrected chi connectivity index (χ2v) is 5.49. The van der Waals surface area contributed by atoms with E-state index in [0.717, 1.165) is 12.8 Å². The van der Waals surface area contributed by atoms with Crippen LogP contribution in [0.15, 0.2) is 24.3 Å². The molecule has 21 heavy (non-hydrogen) atoms. The van der Waals surface area contributed by atoms with Crippen molar-refractivity contribution in [3.05, 3.63) is 35.6 Å². The van der Waals surface area contributed by atoms with Gasteiger partial charge in [0, 0.05) is 20.1 Å². The van der Waals surface area contributed by atoms with Crippen LogP contribution in [0.2, 0.25) is 0 Å². The largest absolute Gasteiger partial charge is 0.480 e. The first kappa shape index (κ1) is 15.3. The molecule has 0 aromatic heterocycles. The predicted octanol–water partition coefficient (Wildman–Crippen LogP) is 2.17. The number of carbonyl (C=O) groups is 2. The van der Waals surface area contributed by atoms with Crippen LogP contribution in [0, 0.1) is 11.7 Å². The number of carboxylic acids is 1. The number of carboxylic acid groups (broad SMARTS) is 1. The molecule has 1 fully saturated rings. The zero-order valence-electron chi connectivity index (χ0n) is 12.0. The maximum absolute atomic E-state index is 13.1. The summed E-state index contributed by atoms with van der Waals surface area (Å²) in [4.78, 5) is 26.0. The maximum Gasteiger partial charge on any atom is 0.323 e. The van der Waals surface area contributed by atoms with E-state index >= 15 is 0 Å². The molecular weight excluding hydrogens is 275 g/mol. The molecule has 0 spiro atoms. The standard InChI is InChI=1S/C15H19FN2O3/c1-17(8-12-3-2-4-13(16)7-12)15(21)18(10-14(19)20)9-11-5-6-11/h2-4,7,11H,5-6,8-10H2,1H3,(H,19,20). The highest BCUT2D eigenvalue weighted by atomic mass is 19.1. The predicted molar refractivity (Wildman–Crippen MR) is 75.2 cm³/mol. The summed E-state index contributed by atoms with van der Waals surface area (Å²) in [5, 5.41) is 8.91. The van der Waals surface area contributed by atoms with Crippen LogP contribution in [0.25, 0.3) is 0 Å². The molecule has 2 amide bonds. The molecule has 0 unspecified atom stereocenters. The third-order valence-electron chi connectivity index (χ3n) is 3.41. The summed E-state index contributed by atoms with van der Waals surface area (Å²) in [6.07, 6.45) is 2.08. The van der Waals surface area contributed by atoms with Crippen molar-refractivity contribution in [3.63, 3.8) is 0 Å². The van der Waals surface area contributed by atoms with Gasteiger partial charge in [0.25, 0.3) is 0 Å². The average molecular weight is 294 g/mol. The summed E-state index contributed by atoms with van der Waals surface area (Å²) < 4.78 is 13.1. The summed E-state index contributed by atoms with van der Waals surface area (Å²) >= 11 is 0. The molecule has 114 valence electrons. The number of rotatable bonds is 6. The van der Waals surface area contributed by atoms with Crippen molar-refractivity contribution >= 4 is 12.0 Å². The van der Waals surface area contributed by atoms with Crippen molar-refractivity contribution in [2.45, 2.75) is 19.4 Å². The molecule has 0 bridgehead atoms. The quantitative estimate of drug-likeness (QED) is 0.874. The van der Waals surface area contributed by atoms with Crippen LogP contribution in [0.3, 0.4) is 0 Å². The van der Waals surface area contributed by atoms with Gasteiger partial charge >= 0.3 is 12.0 Å². The van der Waals surface area contributed by atoms with E-state index in [1.165, 1.54) is 21.9 Å². The summed E-state index contributed by atoms with van der Waals surface area (Å²) in [7, 11) is 1.59. The van der Waals surface area contributed by atoms with E-state index in [4.69, 9.17) is 5.11 Å². The number of aliphatic carboxylic acids is 1. The minimum Gasteiger partial charge on any atom is -0.480 e. The number of nitrogens with zero attached hydrogens (tertiary/aromatic N) is 2. The van der Waals surface area contributed by atoms with Gasteiger partial charge in [-0.05, 0) is 36.5 Å². The minimum absolute atomic E-state index is 0.247. The highest BCUT2D eigenvalue weighted by Crippen LogP contribution is 2.30. The van der Waals surface area contributed by atoms with E-state index in [1.54, 1.807) is 19.2 Å². The average Bonchev–Trinajstić information content (AvgIpc) is 3.20. The molecule has 2 rings (SSSR count). The van der Waals surface area contributed by atoms with E-state index < -0.39 is 5.97 Å². The molecule has 5 nitrogen and oxygen atoms in total. The van der Waals surface area contributed by atoms with Crippen LogP contribution in [0.1, 0.15) is 18.4 Å². The Balaban J connectivity index is 1.98. The molecule has 0 atom stereocenters. The van der Waals surface area contributed by atoms with Gasteiger partial charge in [0.15, 0.2) is 0 Å². The lowest BCUT2D eigenvalue weighted by Crippen LogP contribution is -2.44. The Labute approximate surface area is 123 Å². The Hall–Kier alpha value is -2.11. The van der Waals surface area contributed by atoms with E-state index in [0.29, 0.717) is 18.0 Å². The molecule has 1 N–H and O–H groups in total. The lowest BCUT2D eigenvalue weighted by Gasteiger charge is -2.27. The number of hydrogen-bond donors (Lipinski definition) is 1. The topological polar surface area (TPSA) is 60.9 Å². The molecule has 1 aromatic carbocycles. The first-order valence-corrected chi connectivity index (χ1v) is 6.92. The Kier molecular flexibility index (Phi) is 4.77. The van der Waals surface area contributed by atoms with Gasteiger partial charge in [0.1, 0.15) is 12.4 Å². The van der Waals surface area contributed by atoms with E-state index in [2.05, 4.69) is 0 Å². The number of hydrogen-bond acceptors (Lipinski definition) is 2. The fourth-order valence-electron chi connectivity index (χ4n) is 2.20. The second-order valence-electron chi connectivity index (χ2n) is 5.49. The van der Waals surface area contributed by atoms with Crippen LogP contribution in [0.5, 0.6) is 0 Å². The summed E-state index contributed by atoms with van der Waals surface area (Å²) in [5.74, 6) is -0.965. The van der Waals surface area contributed by atoms with Gasteiger partial charge in [-0.2, -0.15) is 0 Å². The lowest BCUT2D eigenvalue weighted by atomic mass is 10.2. The number of amides is 2. The van der Waals surface area contributed by atoms with Crippen molar-refractivity contribution < 1.29 is 19.1 Å². The first-order valence-electron chi connectivity index (χ1n) is 6.92. The van der Waals surface area contributed by atoms with Gasteiger partial charge in [-0.1, -0.05) is 12.1 Å². The highest BCUT2D eigenvalue weighted by molar-refractivity contribution is 5.80. The Morgan fingerprint density at radius 1 is 1.38 bits per heavy atom. The molecule has 0 saturated heterocycles. The SMILES string of the molecule is CN(Cc1cccc(F)c1)C(=O)N(CC(=O)O)CC1CC1. The Morgan fingerprint density at radius 2 is 2.10 bits per heavy atom. The van der Waals surface area contributed by atoms with Crippen LogP contribution in [0.4, 0.5) is 9.18 Å². The van der Waals surface area contributed by atoms with Crippen molar-refractivity contribution in [2.24, 2.45) is 5.92 Å². The Morgan fingerprint density at radius 3 is 2.67 bits per heavy atom. The van der Waals surface area contributed by atoms with Gasteiger partial charge in [0.2, 0.25) is 0 Å². The second kappa shape index (κ2) is 6.56. The van der Waals surface area contributed by atoms with Crippen molar-refractivity contribution in [1.29, 1.82) is 0 Å². The number of carbonyl (C=O) groups excluding carboxylic acids is 1. The van der Waals surface area contributed by atoms with Crippen LogP contribution >= 0.6 is 0 Å². The smallest absolute Gasteiger partial charge is 0.323 e. The van der Waals surface area contributed by atoms with Crippen molar-refractivity contribution in [2.75, 3.05) is 20.1 Å². The van der Waals surface area contributed by atoms with Crippen molar-refractivity contribution in [1.82, 2.24) is 9.80 Å². The maximum atomic E-state index is 13.1. The lowest BCUT2D eigenvalue weighted by molar-refractivity contribution is -0.137. The number of halogens is 1. The molecule has 0 radical (unpaired) electrons. The number of urea groups is 1. The van der Waals surface area contributed by atoms with E-state index in [9.17, 15) is 14.0 Å². The zero-order valence-corrected chi connectivity index (χ0v) is 12.0. The molecule has 0 heterocycles. The monoisotopic (exact) mass is 294 g/mol. The zero-order chi connectivity index (χ0) is 15.4. The van der Waals surface area contributed by atoms with E-state index in [-0.39, 0.29) is 24.9 Å². The molecule has 1 saturated carbocycles. The first-order chi connectivity index (χ1) is 9.95. The van der Waals surface area contributed by atoms with E-state index in [1.807, 2.05) is 0 Å². The van der Waals surface area contributed by atoms with Gasteiger partial charge in [-0.3, -0.25) is 4.79 Å². The van der Waals surface area contributed by atoms with Crippen LogP contribution in [-0.4, -0.2) is 47.0 Å². The Bertz CT molecular complexity index is 531. The van der Waals surface area contributed by atoms with Gasteiger partial charge in [-0.15, -0.1) is 0 Å². The molecular formula is C15H19FN2O3. The van der Waals surface area contributed by atoms with Gasteiger partial charge in [0.05, 0.1) is 0 Å². The number of benzene rings is 1. The third kappa shape index (κ3) is 4.73. The molecule has 1 aliphatic carbocycles. The molecule has 0 aliphatic heterocycles. The van der Waals surface area contributed by atoms with Crippen molar-refractivity contribution in [3.8, 4) is 0 Å². The normalized spacial score (nSPS) is 13.8. The van der Waals surface area contributed by atoms with Gasteiger partial charge < -0.3 is 14.9 Å². The molecule has 1 aromatic rings. The van der Waals surface area contributed by atoms with Crippen LogP contribution in [-0.2, 0) is 11.3 Å². The fraction of sp³-hybridized carbons (Fsp3) is 0.467. The van der Waals surface area contributed by atoms with Crippen LogP contribution < -0.4 is 0 Å². The minimum atomic E-state index is -1.02. The third-order valence-corrected chi connectivity index (χ3v) is 3.41. The fourth-order valence-corrected chi connectivity index (χ4v) is 2.20. The summed E-state index contributed by atoms with van der Waals surface area (Å²) in [6, 6.07) is 5.69. The molecule has 1 aliphatic rings. The summed E-state index contributed by atoms with van der Waals surface area (Å²) in [5.41, 5.74) is 0.674. The van der Waals surface area contributed by atoms with Gasteiger partial charge in [-0.25, -0.2) is 9.18 Å². The molecule has 6 heteroatoms. The summed E-state index contributed by atoms with van der Waals surface area (Å²) in [6.45, 7) is 0.416. The highest BCUT2D eigenvalue weighted by Gasteiger charge is 2.29.